The van der Waals surface area contributed by atoms with Crippen molar-refractivity contribution in [3.63, 3.8) is 0 Å². The van der Waals surface area contributed by atoms with Crippen LogP contribution in [0.4, 0.5) is 0 Å². The molecule has 2 aromatic rings. The fourth-order valence-corrected chi connectivity index (χ4v) is 5.11. The highest BCUT2D eigenvalue weighted by Gasteiger charge is 2.46. The van der Waals surface area contributed by atoms with Gasteiger partial charge in [-0.15, -0.1) is 11.3 Å². The Morgan fingerprint density at radius 2 is 2.14 bits per heavy atom. The van der Waals surface area contributed by atoms with Crippen molar-refractivity contribution in [3.8, 4) is 10.6 Å². The van der Waals surface area contributed by atoms with Crippen molar-refractivity contribution < 1.29 is 0 Å². The molecule has 2 heterocycles. The number of rotatable bonds is 3. The van der Waals surface area contributed by atoms with Gasteiger partial charge < -0.3 is 0 Å². The Morgan fingerprint density at radius 1 is 1.29 bits per heavy atom. The maximum absolute atomic E-state index is 4.62. The van der Waals surface area contributed by atoms with Gasteiger partial charge >= 0.3 is 0 Å². The third-order valence-corrected chi connectivity index (χ3v) is 6.41. The summed E-state index contributed by atoms with van der Waals surface area (Å²) in [6.07, 6.45) is 7.68. The van der Waals surface area contributed by atoms with Gasteiger partial charge in [0.2, 0.25) is 0 Å². The van der Waals surface area contributed by atoms with Crippen LogP contribution in [0.15, 0.2) is 36.5 Å². The lowest BCUT2D eigenvalue weighted by Crippen LogP contribution is -2.33. The van der Waals surface area contributed by atoms with E-state index < -0.39 is 0 Å². The van der Waals surface area contributed by atoms with Crippen molar-refractivity contribution in [1.82, 2.24) is 9.88 Å². The van der Waals surface area contributed by atoms with Crippen LogP contribution in [0.3, 0.4) is 0 Å². The molecule has 1 aliphatic carbocycles. The summed E-state index contributed by atoms with van der Waals surface area (Å²) in [6, 6.07) is 11.3. The Bertz CT molecular complexity index is 621. The third kappa shape index (κ3) is 2.43. The number of nitrogens with zero attached hydrogens (tertiary/aromatic N) is 2. The van der Waals surface area contributed by atoms with Gasteiger partial charge in [0.25, 0.3) is 0 Å². The summed E-state index contributed by atoms with van der Waals surface area (Å²) in [5.41, 5.74) is 1.83. The molecule has 1 saturated carbocycles. The zero-order valence-electron chi connectivity index (χ0n) is 12.6. The molecule has 2 aliphatic rings. The predicted octanol–water partition coefficient (Wildman–Crippen LogP) is 4.57. The van der Waals surface area contributed by atoms with Crippen LogP contribution in [0.2, 0.25) is 0 Å². The van der Waals surface area contributed by atoms with Crippen molar-refractivity contribution in [3.05, 3.63) is 41.4 Å². The zero-order chi connectivity index (χ0) is 14.3. The lowest BCUT2D eigenvalue weighted by molar-refractivity contribution is 0.192. The van der Waals surface area contributed by atoms with Crippen LogP contribution in [-0.4, -0.2) is 22.5 Å². The Kier molecular flexibility index (Phi) is 3.35. The Hall–Kier alpha value is -1.19. The monoisotopic (exact) mass is 298 g/mol. The molecular weight excluding hydrogens is 276 g/mol. The van der Waals surface area contributed by atoms with Gasteiger partial charge in [-0.2, -0.15) is 0 Å². The lowest BCUT2D eigenvalue weighted by atomic mass is 9.85. The van der Waals surface area contributed by atoms with Crippen molar-refractivity contribution in [2.75, 3.05) is 6.54 Å². The highest BCUT2D eigenvalue weighted by Crippen LogP contribution is 2.48. The van der Waals surface area contributed by atoms with Crippen LogP contribution in [0, 0.1) is 5.41 Å². The van der Waals surface area contributed by atoms with Gasteiger partial charge in [-0.25, -0.2) is 4.98 Å². The lowest BCUT2D eigenvalue weighted by Gasteiger charge is -2.28. The summed E-state index contributed by atoms with van der Waals surface area (Å²) in [4.78, 5) is 8.73. The summed E-state index contributed by atoms with van der Waals surface area (Å²) in [5.74, 6) is 0. The van der Waals surface area contributed by atoms with E-state index in [0.29, 0.717) is 5.41 Å². The van der Waals surface area contributed by atoms with Gasteiger partial charge in [0.1, 0.15) is 5.01 Å². The van der Waals surface area contributed by atoms with E-state index >= 15 is 0 Å². The van der Waals surface area contributed by atoms with Crippen molar-refractivity contribution in [1.29, 1.82) is 0 Å². The fraction of sp³-hybridized carbons (Fsp3) is 0.500. The molecular formula is C18H22N2S. The molecule has 0 bridgehead atoms. The minimum absolute atomic E-state index is 0.590. The third-order valence-electron chi connectivity index (χ3n) is 5.37. The second-order valence-corrected chi connectivity index (χ2v) is 7.90. The first-order valence-corrected chi connectivity index (χ1v) is 8.80. The molecule has 0 radical (unpaired) electrons. The molecule has 21 heavy (non-hydrogen) atoms. The van der Waals surface area contributed by atoms with E-state index in [1.807, 2.05) is 11.3 Å². The number of hydrogen-bond donors (Lipinski definition) is 0. The van der Waals surface area contributed by atoms with E-state index in [-0.39, 0.29) is 0 Å². The zero-order valence-corrected chi connectivity index (χ0v) is 13.4. The molecule has 2 fully saturated rings. The van der Waals surface area contributed by atoms with E-state index in [1.54, 1.807) is 0 Å². The Labute approximate surface area is 130 Å². The topological polar surface area (TPSA) is 16.1 Å². The van der Waals surface area contributed by atoms with Gasteiger partial charge in [0.15, 0.2) is 0 Å². The molecule has 110 valence electrons. The highest BCUT2D eigenvalue weighted by molar-refractivity contribution is 7.15. The molecule has 0 amide bonds. The largest absolute Gasteiger partial charge is 0.295 e. The predicted molar refractivity (Wildman–Crippen MR) is 88.3 cm³/mol. The smallest absolute Gasteiger partial charge is 0.123 e. The molecule has 2 nitrogen and oxygen atoms in total. The normalized spacial score (nSPS) is 28.9. The second kappa shape index (κ2) is 5.22. The van der Waals surface area contributed by atoms with Crippen molar-refractivity contribution >= 4 is 11.3 Å². The number of benzene rings is 1. The van der Waals surface area contributed by atoms with Crippen LogP contribution < -0.4 is 0 Å². The molecule has 4 rings (SSSR count). The van der Waals surface area contributed by atoms with Crippen LogP contribution in [0.5, 0.6) is 0 Å². The standard InChI is InChI=1S/C18H22N2S/c1-18-9-5-8-16(18)20(11-10-18)13-15-12-19-17(21-15)14-6-3-2-4-7-14/h2-4,6-7,12,16H,5,8-11,13H2,1H3. The molecule has 2 unspecified atom stereocenters. The summed E-state index contributed by atoms with van der Waals surface area (Å²) in [7, 11) is 0. The fourth-order valence-electron chi connectivity index (χ4n) is 4.17. The quantitative estimate of drug-likeness (QED) is 0.825. The SMILES string of the molecule is CC12CCCC1N(Cc1cnc(-c3ccccc3)s1)CC2. The molecule has 1 aromatic carbocycles. The molecule has 2 atom stereocenters. The number of thiazole rings is 1. The van der Waals surface area contributed by atoms with Gasteiger partial charge in [-0.05, 0) is 31.2 Å². The van der Waals surface area contributed by atoms with Gasteiger partial charge in [-0.3, -0.25) is 4.90 Å². The minimum Gasteiger partial charge on any atom is -0.295 e. The molecule has 1 saturated heterocycles. The summed E-state index contributed by atoms with van der Waals surface area (Å²) < 4.78 is 0. The number of hydrogen-bond acceptors (Lipinski definition) is 3. The van der Waals surface area contributed by atoms with Gasteiger partial charge in [-0.1, -0.05) is 43.7 Å². The summed E-state index contributed by atoms with van der Waals surface area (Å²) in [5, 5.41) is 1.15. The van der Waals surface area contributed by atoms with Crippen molar-refractivity contribution in [2.45, 2.75) is 45.2 Å². The first-order valence-electron chi connectivity index (χ1n) is 7.99. The maximum Gasteiger partial charge on any atom is 0.123 e. The van der Waals surface area contributed by atoms with E-state index in [9.17, 15) is 0 Å². The van der Waals surface area contributed by atoms with Crippen LogP contribution in [0.25, 0.3) is 10.6 Å². The molecule has 0 N–H and O–H groups in total. The summed E-state index contributed by atoms with van der Waals surface area (Å²) >= 11 is 1.85. The molecule has 3 heteroatoms. The second-order valence-electron chi connectivity index (χ2n) is 6.78. The Balaban J connectivity index is 1.50. The van der Waals surface area contributed by atoms with E-state index in [0.717, 1.165) is 17.6 Å². The van der Waals surface area contributed by atoms with Gasteiger partial charge in [0, 0.05) is 29.2 Å². The average Bonchev–Trinajstić information content (AvgIpc) is 3.17. The number of fused-ring (bicyclic) bond motifs is 1. The highest BCUT2D eigenvalue weighted by atomic mass is 32.1. The molecule has 1 aliphatic heterocycles. The minimum atomic E-state index is 0.590. The van der Waals surface area contributed by atoms with Crippen LogP contribution in [-0.2, 0) is 6.54 Å². The maximum atomic E-state index is 4.62. The van der Waals surface area contributed by atoms with Crippen LogP contribution in [0.1, 0.15) is 37.5 Å². The molecule has 0 spiro atoms. The van der Waals surface area contributed by atoms with Crippen LogP contribution >= 0.6 is 11.3 Å². The number of aromatic nitrogens is 1. The summed E-state index contributed by atoms with van der Waals surface area (Å²) in [6.45, 7) is 4.84. The average molecular weight is 298 g/mol. The number of likely N-dealkylation sites (tertiary alicyclic amines) is 1. The molecule has 1 aromatic heterocycles. The van der Waals surface area contributed by atoms with E-state index in [1.165, 1.54) is 42.7 Å². The first-order chi connectivity index (χ1) is 10.2. The first kappa shape index (κ1) is 13.5. The van der Waals surface area contributed by atoms with Gasteiger partial charge in [0.05, 0.1) is 0 Å². The Morgan fingerprint density at radius 3 is 3.00 bits per heavy atom. The van der Waals surface area contributed by atoms with E-state index in [2.05, 4.69) is 53.3 Å². The van der Waals surface area contributed by atoms with E-state index in [4.69, 9.17) is 0 Å². The van der Waals surface area contributed by atoms with Crippen molar-refractivity contribution in [2.24, 2.45) is 5.41 Å².